The molecule has 0 radical (unpaired) electrons. The number of hydrogen-bond acceptors (Lipinski definition) is 4. The summed E-state index contributed by atoms with van der Waals surface area (Å²) >= 11 is 0. The molecule has 2 bridgehead atoms. The molecule has 2 aliphatic carbocycles. The molecule has 3 unspecified atom stereocenters. The van der Waals surface area contributed by atoms with Gasteiger partial charge in [0, 0.05) is 32.0 Å². The number of nitrogens with zero attached hydrogens (tertiary/aromatic N) is 1. The first-order chi connectivity index (χ1) is 16.9. The number of hydrogen-bond donors (Lipinski definition) is 2. The number of piperidine rings is 1. The molecular weight excluding hydrogens is 444 g/mol. The number of carbonyl (C=O) groups excluding carboxylic acids is 2. The van der Waals surface area contributed by atoms with Crippen LogP contribution in [0.2, 0.25) is 0 Å². The molecule has 2 N–H and O–H groups in total. The van der Waals surface area contributed by atoms with E-state index in [1.807, 2.05) is 36.1 Å². The smallest absolute Gasteiger partial charge is 0.407 e. The first kappa shape index (κ1) is 23.4. The second-order valence-electron chi connectivity index (χ2n) is 10.3. The van der Waals surface area contributed by atoms with Gasteiger partial charge in [0.05, 0.1) is 5.92 Å². The molecule has 0 aromatic heterocycles. The number of benzene rings is 2. The summed E-state index contributed by atoms with van der Waals surface area (Å²) in [4.78, 5) is 38.6. The van der Waals surface area contributed by atoms with Gasteiger partial charge in [0.2, 0.25) is 5.91 Å². The summed E-state index contributed by atoms with van der Waals surface area (Å²) in [5.74, 6) is -0.924. The van der Waals surface area contributed by atoms with Crippen molar-refractivity contribution in [2.75, 3.05) is 26.2 Å². The minimum absolute atomic E-state index is 0.0104. The van der Waals surface area contributed by atoms with Gasteiger partial charge >= 0.3 is 12.1 Å². The lowest BCUT2D eigenvalue weighted by atomic mass is 9.85. The summed E-state index contributed by atoms with van der Waals surface area (Å²) in [5.41, 5.74) is 4.71. The summed E-state index contributed by atoms with van der Waals surface area (Å²) in [6.07, 6.45) is 1.60. The van der Waals surface area contributed by atoms with Gasteiger partial charge in [-0.2, -0.15) is 0 Å². The highest BCUT2D eigenvalue weighted by molar-refractivity contribution is 5.79. The van der Waals surface area contributed by atoms with Crippen LogP contribution in [0.15, 0.2) is 48.5 Å². The SMILES string of the molecule is CC(CNC(=O)OCC1c2ccccc2-c2ccccc21)CC(=O)N1CC2CCC(C1)C2C(=O)O. The van der Waals surface area contributed by atoms with Crippen molar-refractivity contribution >= 4 is 18.0 Å². The van der Waals surface area contributed by atoms with Gasteiger partial charge in [0.1, 0.15) is 6.61 Å². The minimum Gasteiger partial charge on any atom is -0.481 e. The highest BCUT2D eigenvalue weighted by Gasteiger charge is 2.46. The van der Waals surface area contributed by atoms with E-state index in [0.29, 0.717) is 26.1 Å². The zero-order valence-corrected chi connectivity index (χ0v) is 20.0. The summed E-state index contributed by atoms with van der Waals surface area (Å²) < 4.78 is 5.58. The highest BCUT2D eigenvalue weighted by atomic mass is 16.5. The molecule has 3 atom stereocenters. The van der Waals surface area contributed by atoms with Crippen LogP contribution in [0, 0.1) is 23.7 Å². The highest BCUT2D eigenvalue weighted by Crippen LogP contribution is 2.44. The second-order valence-corrected chi connectivity index (χ2v) is 10.3. The van der Waals surface area contributed by atoms with Crippen molar-refractivity contribution in [3.63, 3.8) is 0 Å². The first-order valence-electron chi connectivity index (χ1n) is 12.5. The lowest BCUT2D eigenvalue weighted by molar-refractivity contribution is -0.150. The van der Waals surface area contributed by atoms with Crippen molar-refractivity contribution in [2.24, 2.45) is 23.7 Å². The van der Waals surface area contributed by atoms with Gasteiger partial charge in [0.15, 0.2) is 0 Å². The molecule has 1 aliphatic heterocycles. The Kier molecular flexibility index (Phi) is 6.50. The lowest BCUT2D eigenvalue weighted by Gasteiger charge is -2.36. The largest absolute Gasteiger partial charge is 0.481 e. The molecule has 184 valence electrons. The number of carboxylic acid groups (broad SMARTS) is 1. The van der Waals surface area contributed by atoms with Crippen molar-refractivity contribution in [3.05, 3.63) is 59.7 Å². The van der Waals surface area contributed by atoms with Crippen LogP contribution in [0.3, 0.4) is 0 Å². The topological polar surface area (TPSA) is 95.9 Å². The lowest BCUT2D eigenvalue weighted by Crippen LogP contribution is -2.47. The fourth-order valence-electron chi connectivity index (χ4n) is 6.24. The maximum atomic E-state index is 12.8. The third-order valence-electron chi connectivity index (χ3n) is 7.93. The van der Waals surface area contributed by atoms with E-state index in [9.17, 15) is 19.5 Å². The second kappa shape index (κ2) is 9.72. The Bertz CT molecular complexity index is 1070. The number of amides is 2. The predicted molar refractivity (Wildman–Crippen MR) is 131 cm³/mol. The zero-order chi connectivity index (χ0) is 24.5. The van der Waals surface area contributed by atoms with Crippen LogP contribution < -0.4 is 5.32 Å². The molecule has 35 heavy (non-hydrogen) atoms. The van der Waals surface area contributed by atoms with Crippen molar-refractivity contribution < 1.29 is 24.2 Å². The van der Waals surface area contributed by atoms with Crippen LogP contribution in [0.1, 0.15) is 43.2 Å². The average molecular weight is 477 g/mol. The standard InChI is InChI=1S/C28H32N2O5/c1-17(12-25(31)30-14-18-10-11-19(15-30)26(18)27(32)33)13-29-28(34)35-16-24-22-8-4-2-6-20(22)21-7-3-5-9-23(21)24/h2-9,17-19,24,26H,10-16H2,1H3,(H,29,34)(H,32,33). The average Bonchev–Trinajstić information content (AvgIpc) is 3.32. The fraction of sp³-hybridized carbons (Fsp3) is 0.464. The van der Waals surface area contributed by atoms with Crippen LogP contribution >= 0.6 is 0 Å². The summed E-state index contributed by atoms with van der Waals surface area (Å²) in [7, 11) is 0. The number of alkyl carbamates (subject to hydrolysis) is 1. The normalized spacial score (nSPS) is 23.3. The third kappa shape index (κ3) is 4.64. The molecule has 1 saturated heterocycles. The third-order valence-corrected chi connectivity index (χ3v) is 7.93. The number of fused-ring (bicyclic) bond motifs is 5. The van der Waals surface area contributed by atoms with Gasteiger partial charge in [-0.3, -0.25) is 9.59 Å². The Morgan fingerprint density at radius 2 is 1.57 bits per heavy atom. The van der Waals surface area contributed by atoms with Crippen LogP contribution in [0.4, 0.5) is 4.79 Å². The van der Waals surface area contributed by atoms with E-state index < -0.39 is 12.1 Å². The summed E-state index contributed by atoms with van der Waals surface area (Å²) in [5, 5.41) is 12.3. The monoisotopic (exact) mass is 476 g/mol. The van der Waals surface area contributed by atoms with Gasteiger partial charge < -0.3 is 20.1 Å². The first-order valence-corrected chi connectivity index (χ1v) is 12.5. The molecule has 2 aromatic carbocycles. The molecule has 3 aliphatic rings. The number of carbonyl (C=O) groups is 3. The Labute approximate surface area is 205 Å². The van der Waals surface area contributed by atoms with E-state index in [0.717, 1.165) is 12.8 Å². The fourth-order valence-corrected chi connectivity index (χ4v) is 6.24. The number of nitrogens with one attached hydrogen (secondary N) is 1. The molecule has 1 heterocycles. The van der Waals surface area contributed by atoms with Crippen LogP contribution in [-0.2, 0) is 14.3 Å². The molecule has 2 amide bonds. The quantitative estimate of drug-likeness (QED) is 0.627. The molecule has 7 nitrogen and oxygen atoms in total. The van der Waals surface area contributed by atoms with Gasteiger partial charge in [-0.15, -0.1) is 0 Å². The Hall–Kier alpha value is -3.35. The van der Waals surface area contributed by atoms with Crippen LogP contribution in [0.25, 0.3) is 11.1 Å². The van der Waals surface area contributed by atoms with Crippen LogP contribution in [-0.4, -0.2) is 54.2 Å². The van der Waals surface area contributed by atoms with Gasteiger partial charge in [0.25, 0.3) is 0 Å². The van der Waals surface area contributed by atoms with Crippen molar-refractivity contribution in [1.29, 1.82) is 0 Å². The van der Waals surface area contributed by atoms with Crippen LogP contribution in [0.5, 0.6) is 0 Å². The van der Waals surface area contributed by atoms with Crippen molar-refractivity contribution in [1.82, 2.24) is 10.2 Å². The number of likely N-dealkylation sites (tertiary alicyclic amines) is 1. The molecule has 0 spiro atoms. The van der Waals surface area contributed by atoms with Gasteiger partial charge in [-0.1, -0.05) is 55.5 Å². The number of aliphatic carboxylic acids is 1. The Balaban J connectivity index is 1.09. The van der Waals surface area contributed by atoms with E-state index in [1.165, 1.54) is 22.3 Å². The van der Waals surface area contributed by atoms with Gasteiger partial charge in [-0.05, 0) is 52.8 Å². The molecule has 7 heteroatoms. The van der Waals surface area contributed by atoms with E-state index in [4.69, 9.17) is 4.74 Å². The van der Waals surface area contributed by atoms with E-state index in [-0.39, 0.29) is 42.1 Å². The van der Waals surface area contributed by atoms with Crippen molar-refractivity contribution in [2.45, 2.75) is 32.1 Å². The number of rotatable bonds is 7. The number of carboxylic acids is 1. The van der Waals surface area contributed by atoms with Crippen molar-refractivity contribution in [3.8, 4) is 11.1 Å². The summed E-state index contributed by atoms with van der Waals surface area (Å²) in [6.45, 7) is 3.59. The molecular formula is C28H32N2O5. The molecule has 5 rings (SSSR count). The maximum Gasteiger partial charge on any atom is 0.407 e. The predicted octanol–water partition coefficient (Wildman–Crippen LogP) is 4.12. The van der Waals surface area contributed by atoms with E-state index in [1.54, 1.807) is 0 Å². The molecule has 2 fully saturated rings. The Morgan fingerprint density at radius 3 is 2.14 bits per heavy atom. The van der Waals surface area contributed by atoms with Gasteiger partial charge in [-0.25, -0.2) is 4.79 Å². The maximum absolute atomic E-state index is 12.8. The minimum atomic E-state index is -0.731. The van der Waals surface area contributed by atoms with E-state index in [2.05, 4.69) is 29.6 Å². The molecule has 1 saturated carbocycles. The Morgan fingerprint density at radius 1 is 1.00 bits per heavy atom. The summed E-state index contributed by atoms with van der Waals surface area (Å²) in [6, 6.07) is 16.4. The zero-order valence-electron chi connectivity index (χ0n) is 20.0. The number of ether oxygens (including phenoxy) is 1. The molecule has 2 aromatic rings. The van der Waals surface area contributed by atoms with E-state index >= 15 is 0 Å².